The first-order valence-electron chi connectivity index (χ1n) is 10.1. The van der Waals surface area contributed by atoms with Gasteiger partial charge in [0.1, 0.15) is 11.6 Å². The molecule has 0 aliphatic heterocycles. The van der Waals surface area contributed by atoms with E-state index >= 15 is 0 Å². The number of nitrogens with one attached hydrogen (secondary N) is 2. The number of amides is 1. The normalized spacial score (nSPS) is 18.0. The second-order valence-corrected chi connectivity index (χ2v) is 7.43. The molecule has 3 aromatic rings. The number of hydrogen-bond acceptors (Lipinski definition) is 7. The molecular formula is C22H21FN4O5. The van der Waals surface area contributed by atoms with Gasteiger partial charge in [-0.1, -0.05) is 23.3 Å². The zero-order valence-electron chi connectivity index (χ0n) is 17.0. The van der Waals surface area contributed by atoms with Crippen molar-refractivity contribution in [3.05, 3.63) is 60.2 Å². The Labute approximate surface area is 182 Å². The number of nitrogens with zero attached hydrogens (tertiary/aromatic N) is 2. The number of rotatable bonds is 7. The van der Waals surface area contributed by atoms with Crippen molar-refractivity contribution in [1.29, 1.82) is 0 Å². The van der Waals surface area contributed by atoms with Crippen LogP contribution in [0, 0.1) is 11.7 Å². The number of aliphatic carboxylic acids is 1. The van der Waals surface area contributed by atoms with E-state index in [-0.39, 0.29) is 29.6 Å². The zero-order valence-corrected chi connectivity index (χ0v) is 17.0. The number of carbonyl (C=O) groups is 2. The number of aromatic nitrogens is 2. The molecule has 3 N–H and O–H groups in total. The molecule has 4 rings (SSSR count). The second kappa shape index (κ2) is 9.46. The lowest BCUT2D eigenvalue weighted by Crippen LogP contribution is -2.27. The Bertz CT molecular complexity index is 1100. The van der Waals surface area contributed by atoms with Gasteiger partial charge in [0.2, 0.25) is 0 Å². The number of para-hydroxylation sites is 1. The van der Waals surface area contributed by atoms with E-state index in [0.29, 0.717) is 37.1 Å². The van der Waals surface area contributed by atoms with Gasteiger partial charge in [0.25, 0.3) is 0 Å². The summed E-state index contributed by atoms with van der Waals surface area (Å²) < 4.78 is 25.5. The van der Waals surface area contributed by atoms with E-state index in [9.17, 15) is 14.0 Å². The fourth-order valence-electron chi connectivity index (χ4n) is 3.48. The van der Waals surface area contributed by atoms with Crippen LogP contribution in [0.25, 0.3) is 0 Å². The lowest BCUT2D eigenvalue weighted by Gasteiger charge is -2.26. The van der Waals surface area contributed by atoms with E-state index in [1.807, 2.05) is 18.2 Å². The topological polar surface area (TPSA) is 127 Å². The highest BCUT2D eigenvalue weighted by Crippen LogP contribution is 2.29. The Hall–Kier alpha value is -3.95. The first-order chi connectivity index (χ1) is 15.5. The molecule has 2 aromatic carbocycles. The minimum Gasteiger partial charge on any atom is -0.490 e. The summed E-state index contributed by atoms with van der Waals surface area (Å²) >= 11 is 0. The van der Waals surface area contributed by atoms with Gasteiger partial charge in [-0.05, 0) is 49.9 Å². The molecule has 32 heavy (non-hydrogen) atoms. The van der Waals surface area contributed by atoms with Crippen molar-refractivity contribution in [2.75, 3.05) is 10.6 Å². The lowest BCUT2D eigenvalue weighted by molar-refractivity contribution is -0.143. The van der Waals surface area contributed by atoms with Crippen LogP contribution >= 0.6 is 0 Å². The standard InChI is InChI=1S/C22H21FN4O5/c23-17-12-16(31-15-8-6-13(7-9-15)21(29)30)10-11-18(17)25-19(28)20-26-27-22(32-20)24-14-4-2-1-3-5-14/h1-5,10-13,15H,6-9H2,(H,24,27)(H,25,28)(H,29,30)/t13-,15+. The molecule has 1 fully saturated rings. The van der Waals surface area contributed by atoms with Gasteiger partial charge in [-0.2, -0.15) is 0 Å². The summed E-state index contributed by atoms with van der Waals surface area (Å²) in [6.45, 7) is 0. The van der Waals surface area contributed by atoms with Crippen molar-refractivity contribution in [3.63, 3.8) is 0 Å². The minimum absolute atomic E-state index is 0.0307. The Morgan fingerprint density at radius 3 is 2.50 bits per heavy atom. The molecule has 10 heteroatoms. The minimum atomic E-state index is -0.793. The molecule has 1 amide bonds. The van der Waals surface area contributed by atoms with Gasteiger partial charge in [0, 0.05) is 11.8 Å². The van der Waals surface area contributed by atoms with Crippen LogP contribution in [0.2, 0.25) is 0 Å². The fraction of sp³-hybridized carbons (Fsp3) is 0.273. The summed E-state index contributed by atoms with van der Waals surface area (Å²) in [6.07, 6.45) is 2.07. The maximum atomic E-state index is 14.5. The van der Waals surface area contributed by atoms with Crippen molar-refractivity contribution in [1.82, 2.24) is 10.2 Å². The van der Waals surface area contributed by atoms with Crippen molar-refractivity contribution >= 4 is 29.3 Å². The quantitative estimate of drug-likeness (QED) is 0.498. The Kier molecular flexibility index (Phi) is 6.29. The maximum absolute atomic E-state index is 14.5. The average Bonchev–Trinajstić information content (AvgIpc) is 3.25. The van der Waals surface area contributed by atoms with Crippen molar-refractivity contribution in [2.24, 2.45) is 5.92 Å². The number of carboxylic acid groups (broad SMARTS) is 1. The van der Waals surface area contributed by atoms with Crippen LogP contribution in [-0.2, 0) is 4.79 Å². The molecule has 0 atom stereocenters. The SMILES string of the molecule is O=C(Nc1ccc(O[C@H]2CC[C@@H](C(=O)O)CC2)cc1F)c1nnc(Nc2ccccc2)o1. The molecule has 0 radical (unpaired) electrons. The highest BCUT2D eigenvalue weighted by molar-refractivity contribution is 6.01. The molecule has 1 aliphatic carbocycles. The number of carboxylic acids is 1. The van der Waals surface area contributed by atoms with Crippen LogP contribution < -0.4 is 15.4 Å². The molecule has 0 saturated heterocycles. The van der Waals surface area contributed by atoms with Crippen LogP contribution in [0.15, 0.2) is 52.9 Å². The van der Waals surface area contributed by atoms with Gasteiger partial charge in [0.15, 0.2) is 0 Å². The van der Waals surface area contributed by atoms with Gasteiger partial charge >= 0.3 is 23.8 Å². The van der Waals surface area contributed by atoms with E-state index in [1.54, 1.807) is 12.1 Å². The number of benzene rings is 2. The summed E-state index contributed by atoms with van der Waals surface area (Å²) in [5.41, 5.74) is 0.647. The highest BCUT2D eigenvalue weighted by atomic mass is 19.1. The number of anilines is 3. The third-order valence-electron chi connectivity index (χ3n) is 5.16. The summed E-state index contributed by atoms with van der Waals surface area (Å²) in [6, 6.07) is 13.2. The van der Waals surface area contributed by atoms with Gasteiger partial charge in [-0.15, -0.1) is 5.10 Å². The molecule has 1 aromatic heterocycles. The third-order valence-corrected chi connectivity index (χ3v) is 5.16. The molecule has 0 unspecified atom stereocenters. The van der Waals surface area contributed by atoms with Gasteiger partial charge in [0.05, 0.1) is 17.7 Å². The highest BCUT2D eigenvalue weighted by Gasteiger charge is 2.27. The predicted molar refractivity (Wildman–Crippen MR) is 112 cm³/mol. The maximum Gasteiger partial charge on any atom is 0.320 e. The molecule has 0 bridgehead atoms. The fourth-order valence-corrected chi connectivity index (χ4v) is 3.48. The Morgan fingerprint density at radius 1 is 1.06 bits per heavy atom. The average molecular weight is 440 g/mol. The smallest absolute Gasteiger partial charge is 0.320 e. The van der Waals surface area contributed by atoms with E-state index in [4.69, 9.17) is 14.3 Å². The van der Waals surface area contributed by atoms with Crippen LogP contribution in [0.1, 0.15) is 36.4 Å². The van der Waals surface area contributed by atoms with E-state index in [1.165, 1.54) is 18.2 Å². The first kappa shape index (κ1) is 21.3. The summed E-state index contributed by atoms with van der Waals surface area (Å²) in [5, 5.41) is 21.7. The Balaban J connectivity index is 1.34. The summed E-state index contributed by atoms with van der Waals surface area (Å²) in [7, 11) is 0. The molecule has 1 saturated carbocycles. The van der Waals surface area contributed by atoms with E-state index in [0.717, 1.165) is 0 Å². The van der Waals surface area contributed by atoms with Crippen LogP contribution in [0.4, 0.5) is 21.8 Å². The van der Waals surface area contributed by atoms with Crippen molar-refractivity contribution < 1.29 is 28.2 Å². The van der Waals surface area contributed by atoms with Crippen LogP contribution in [0.3, 0.4) is 0 Å². The molecule has 9 nitrogen and oxygen atoms in total. The molecular weight excluding hydrogens is 419 g/mol. The number of carbonyl (C=O) groups excluding carboxylic acids is 1. The van der Waals surface area contributed by atoms with E-state index in [2.05, 4.69) is 20.8 Å². The zero-order chi connectivity index (χ0) is 22.5. The molecule has 166 valence electrons. The molecule has 1 aliphatic rings. The molecule has 1 heterocycles. The van der Waals surface area contributed by atoms with Crippen LogP contribution in [-0.4, -0.2) is 33.3 Å². The second-order valence-electron chi connectivity index (χ2n) is 7.43. The van der Waals surface area contributed by atoms with Gasteiger partial charge in [-0.25, -0.2) is 4.39 Å². The number of hydrogen-bond donors (Lipinski definition) is 3. The van der Waals surface area contributed by atoms with Crippen molar-refractivity contribution in [3.8, 4) is 5.75 Å². The Morgan fingerprint density at radius 2 is 1.81 bits per heavy atom. The first-order valence-corrected chi connectivity index (χ1v) is 10.1. The van der Waals surface area contributed by atoms with Gasteiger partial charge < -0.3 is 24.9 Å². The largest absolute Gasteiger partial charge is 0.490 e. The molecule has 0 spiro atoms. The number of halogens is 1. The van der Waals surface area contributed by atoms with Crippen LogP contribution in [0.5, 0.6) is 5.75 Å². The van der Waals surface area contributed by atoms with Gasteiger partial charge in [-0.3, -0.25) is 9.59 Å². The third kappa shape index (κ3) is 5.20. The monoisotopic (exact) mass is 440 g/mol. The summed E-state index contributed by atoms with van der Waals surface area (Å²) in [4.78, 5) is 23.4. The predicted octanol–water partition coefficient (Wildman–Crippen LogP) is 4.23. The van der Waals surface area contributed by atoms with Crippen molar-refractivity contribution in [2.45, 2.75) is 31.8 Å². The summed E-state index contributed by atoms with van der Waals surface area (Å²) in [5.74, 6) is -2.59. The lowest BCUT2D eigenvalue weighted by atomic mass is 9.87. The number of ether oxygens (including phenoxy) is 1. The van der Waals surface area contributed by atoms with E-state index < -0.39 is 17.7 Å².